The number of benzene rings is 1. The van der Waals surface area contributed by atoms with Crippen LogP contribution in [-0.4, -0.2) is 35.1 Å². The highest BCUT2D eigenvalue weighted by atomic mass is 16.2. The van der Waals surface area contributed by atoms with E-state index in [1.807, 2.05) is 4.90 Å². The Balaban J connectivity index is 1.65. The second kappa shape index (κ2) is 7.60. The van der Waals surface area contributed by atoms with Gasteiger partial charge in [0.15, 0.2) is 5.78 Å². The lowest BCUT2D eigenvalue weighted by atomic mass is 9.77. The van der Waals surface area contributed by atoms with Crippen molar-refractivity contribution in [3.05, 3.63) is 29.8 Å². The van der Waals surface area contributed by atoms with E-state index in [1.54, 1.807) is 24.3 Å². The Hall–Kier alpha value is -2.17. The predicted molar refractivity (Wildman–Crippen MR) is 101 cm³/mol. The molecule has 1 heterocycles. The second-order valence-electron chi connectivity index (χ2n) is 7.91. The third-order valence-electron chi connectivity index (χ3n) is 6.13. The number of nitrogens with zero attached hydrogens (tertiary/aromatic N) is 1. The van der Waals surface area contributed by atoms with Gasteiger partial charge < -0.3 is 10.2 Å². The van der Waals surface area contributed by atoms with Gasteiger partial charge in [-0.2, -0.15) is 0 Å². The lowest BCUT2D eigenvalue weighted by Gasteiger charge is -2.40. The predicted octanol–water partition coefficient (Wildman–Crippen LogP) is 3.50. The zero-order chi connectivity index (χ0) is 18.8. The summed E-state index contributed by atoms with van der Waals surface area (Å²) in [6.45, 7) is 6.48. The van der Waals surface area contributed by atoms with Crippen LogP contribution in [0.1, 0.15) is 56.8 Å². The molecular formula is C21H28N2O3. The maximum Gasteiger partial charge on any atom is 0.229 e. The highest BCUT2D eigenvalue weighted by molar-refractivity contribution is 5.99. The molecule has 4 atom stereocenters. The van der Waals surface area contributed by atoms with Crippen molar-refractivity contribution in [2.24, 2.45) is 17.8 Å². The lowest BCUT2D eigenvalue weighted by molar-refractivity contribution is -0.131. The number of hydrogen-bond donors (Lipinski definition) is 1. The summed E-state index contributed by atoms with van der Waals surface area (Å²) < 4.78 is 0. The van der Waals surface area contributed by atoms with Crippen LogP contribution in [0.2, 0.25) is 0 Å². The van der Waals surface area contributed by atoms with Crippen LogP contribution in [0.5, 0.6) is 0 Å². The van der Waals surface area contributed by atoms with E-state index in [0.717, 1.165) is 12.8 Å². The molecule has 0 radical (unpaired) electrons. The Morgan fingerprint density at radius 1 is 1.19 bits per heavy atom. The molecule has 0 unspecified atom stereocenters. The van der Waals surface area contributed by atoms with Crippen molar-refractivity contribution < 1.29 is 14.4 Å². The number of rotatable bonds is 4. The molecule has 2 amide bonds. The van der Waals surface area contributed by atoms with Crippen molar-refractivity contribution in [3.63, 3.8) is 0 Å². The summed E-state index contributed by atoms with van der Waals surface area (Å²) >= 11 is 0. The maximum atomic E-state index is 12.6. The first-order valence-electron chi connectivity index (χ1n) is 9.58. The summed E-state index contributed by atoms with van der Waals surface area (Å²) in [5, 5.41) is 2.87. The minimum absolute atomic E-state index is 0.0382. The van der Waals surface area contributed by atoms with Crippen molar-refractivity contribution >= 4 is 23.3 Å². The van der Waals surface area contributed by atoms with Gasteiger partial charge in [-0.15, -0.1) is 0 Å². The molecule has 5 heteroatoms. The normalized spacial score (nSPS) is 28.9. The van der Waals surface area contributed by atoms with Crippen LogP contribution in [0.25, 0.3) is 0 Å². The SMILES string of the molecule is CC(=O)c1cccc(NC(=O)[C@@H]2CC(=O)N([C@H]3CCC[C@@H](C)[C@H]3C)C2)c1. The minimum atomic E-state index is -0.326. The summed E-state index contributed by atoms with van der Waals surface area (Å²) in [5.41, 5.74) is 1.17. The van der Waals surface area contributed by atoms with E-state index in [2.05, 4.69) is 19.2 Å². The number of carbonyl (C=O) groups excluding carboxylic acids is 3. The number of ketones is 1. The third-order valence-corrected chi connectivity index (χ3v) is 6.13. The second-order valence-corrected chi connectivity index (χ2v) is 7.91. The van der Waals surface area contributed by atoms with Gasteiger partial charge in [0.1, 0.15) is 0 Å². The zero-order valence-electron chi connectivity index (χ0n) is 15.8. The first-order valence-corrected chi connectivity index (χ1v) is 9.58. The van der Waals surface area contributed by atoms with E-state index in [9.17, 15) is 14.4 Å². The fourth-order valence-corrected chi connectivity index (χ4v) is 4.28. The van der Waals surface area contributed by atoms with Crippen LogP contribution in [0, 0.1) is 17.8 Å². The molecule has 2 fully saturated rings. The number of likely N-dealkylation sites (tertiary alicyclic amines) is 1. The lowest BCUT2D eigenvalue weighted by Crippen LogP contribution is -2.45. The standard InChI is InChI=1S/C21H28N2O3/c1-13-6-4-9-19(14(13)2)23-12-17(11-20(23)25)21(26)22-18-8-5-7-16(10-18)15(3)24/h5,7-8,10,13-14,17,19H,4,6,9,11-12H2,1-3H3,(H,22,26)/t13-,14-,17-,19+/m1/s1. The first-order chi connectivity index (χ1) is 12.4. The van der Waals surface area contributed by atoms with Crippen LogP contribution in [0.15, 0.2) is 24.3 Å². The Labute approximate surface area is 155 Å². The van der Waals surface area contributed by atoms with Crippen molar-refractivity contribution in [1.29, 1.82) is 0 Å². The molecule has 1 aromatic rings. The van der Waals surface area contributed by atoms with Crippen molar-refractivity contribution in [1.82, 2.24) is 4.90 Å². The van der Waals surface area contributed by atoms with Gasteiger partial charge in [-0.25, -0.2) is 0 Å². The highest BCUT2D eigenvalue weighted by Crippen LogP contribution is 2.35. The van der Waals surface area contributed by atoms with Gasteiger partial charge in [-0.05, 0) is 37.3 Å². The molecule has 1 saturated carbocycles. The average Bonchev–Trinajstić information content (AvgIpc) is 2.99. The smallest absolute Gasteiger partial charge is 0.229 e. The van der Waals surface area contributed by atoms with Gasteiger partial charge in [0.25, 0.3) is 0 Å². The molecule has 1 aliphatic carbocycles. The Morgan fingerprint density at radius 3 is 2.69 bits per heavy atom. The van der Waals surface area contributed by atoms with Crippen molar-refractivity contribution in [3.8, 4) is 0 Å². The molecule has 2 aliphatic rings. The largest absolute Gasteiger partial charge is 0.339 e. The molecule has 140 valence electrons. The first kappa shape index (κ1) is 18.6. The fraction of sp³-hybridized carbons (Fsp3) is 0.571. The van der Waals surface area contributed by atoms with Gasteiger partial charge in [-0.3, -0.25) is 14.4 Å². The zero-order valence-corrected chi connectivity index (χ0v) is 15.8. The van der Waals surface area contributed by atoms with Gasteiger partial charge in [-0.1, -0.05) is 38.8 Å². The quantitative estimate of drug-likeness (QED) is 0.840. The molecule has 0 spiro atoms. The number of carbonyl (C=O) groups is 3. The molecule has 5 nitrogen and oxygen atoms in total. The molecule has 0 bridgehead atoms. The summed E-state index contributed by atoms with van der Waals surface area (Å²) in [6.07, 6.45) is 3.67. The fourth-order valence-electron chi connectivity index (χ4n) is 4.28. The average molecular weight is 356 g/mol. The monoisotopic (exact) mass is 356 g/mol. The molecular weight excluding hydrogens is 328 g/mol. The van der Waals surface area contributed by atoms with Gasteiger partial charge in [0.05, 0.1) is 5.92 Å². The molecule has 1 aliphatic heterocycles. The summed E-state index contributed by atoms with van der Waals surface area (Å²) in [6, 6.07) is 7.18. The Bertz CT molecular complexity index is 715. The number of anilines is 1. The van der Waals surface area contributed by atoms with Gasteiger partial charge in [0.2, 0.25) is 11.8 Å². The molecule has 1 aromatic carbocycles. The molecule has 3 rings (SSSR count). The van der Waals surface area contributed by atoms with E-state index >= 15 is 0 Å². The highest BCUT2D eigenvalue weighted by Gasteiger charge is 2.41. The van der Waals surface area contributed by atoms with E-state index in [0.29, 0.717) is 29.6 Å². The third kappa shape index (κ3) is 3.81. The summed E-state index contributed by atoms with van der Waals surface area (Å²) in [4.78, 5) is 38.6. The van der Waals surface area contributed by atoms with Gasteiger partial charge >= 0.3 is 0 Å². The van der Waals surface area contributed by atoms with Crippen LogP contribution in [0.4, 0.5) is 5.69 Å². The van der Waals surface area contributed by atoms with E-state index in [4.69, 9.17) is 0 Å². The van der Waals surface area contributed by atoms with Crippen molar-refractivity contribution in [2.45, 2.75) is 52.5 Å². The molecule has 26 heavy (non-hydrogen) atoms. The van der Waals surface area contributed by atoms with Crippen LogP contribution >= 0.6 is 0 Å². The summed E-state index contributed by atoms with van der Waals surface area (Å²) in [7, 11) is 0. The van der Waals surface area contributed by atoms with E-state index in [1.165, 1.54) is 13.3 Å². The Kier molecular flexibility index (Phi) is 5.44. The minimum Gasteiger partial charge on any atom is -0.339 e. The summed E-state index contributed by atoms with van der Waals surface area (Å²) in [5.74, 6) is 0.675. The van der Waals surface area contributed by atoms with Crippen LogP contribution in [0.3, 0.4) is 0 Å². The van der Waals surface area contributed by atoms with Crippen LogP contribution < -0.4 is 5.32 Å². The Morgan fingerprint density at radius 2 is 1.96 bits per heavy atom. The van der Waals surface area contributed by atoms with E-state index in [-0.39, 0.29) is 36.0 Å². The maximum absolute atomic E-state index is 12.6. The molecule has 0 aromatic heterocycles. The molecule has 1 saturated heterocycles. The number of Topliss-reactive ketones (excluding diaryl/α,β-unsaturated/α-hetero) is 1. The van der Waals surface area contributed by atoms with Crippen molar-refractivity contribution in [2.75, 3.05) is 11.9 Å². The number of hydrogen-bond acceptors (Lipinski definition) is 3. The van der Waals surface area contributed by atoms with Crippen LogP contribution in [-0.2, 0) is 9.59 Å². The number of amides is 2. The number of nitrogens with one attached hydrogen (secondary N) is 1. The topological polar surface area (TPSA) is 66.5 Å². The van der Waals surface area contributed by atoms with Gasteiger partial charge in [0, 0.05) is 30.3 Å². The van der Waals surface area contributed by atoms with E-state index < -0.39 is 0 Å². The molecule has 1 N–H and O–H groups in total.